The van der Waals surface area contributed by atoms with Crippen LogP contribution in [0.2, 0.25) is 0 Å². The number of likely N-dealkylation sites (tertiary alicyclic amines) is 1. The molecule has 1 atom stereocenters. The maximum absolute atomic E-state index is 12.6. The lowest BCUT2D eigenvalue weighted by molar-refractivity contribution is -0.266. The Balaban J connectivity index is 2.58. The van der Waals surface area contributed by atoms with Crippen molar-refractivity contribution in [3.8, 4) is 0 Å². The van der Waals surface area contributed by atoms with Gasteiger partial charge in [0.25, 0.3) is 0 Å². The zero-order valence-electron chi connectivity index (χ0n) is 8.98. The summed E-state index contributed by atoms with van der Waals surface area (Å²) >= 11 is 0. The van der Waals surface area contributed by atoms with Crippen LogP contribution in [-0.4, -0.2) is 41.4 Å². The summed E-state index contributed by atoms with van der Waals surface area (Å²) in [6.45, 7) is 2.42. The number of alkyl halides is 3. The lowest BCUT2D eigenvalue weighted by Crippen LogP contribution is -2.54. The highest BCUT2D eigenvalue weighted by Gasteiger charge is 2.52. The summed E-state index contributed by atoms with van der Waals surface area (Å²) in [5.41, 5.74) is -2.54. The Labute approximate surface area is 88.1 Å². The Bertz CT molecular complexity index is 201. The molecule has 0 aromatic carbocycles. The van der Waals surface area contributed by atoms with E-state index in [1.807, 2.05) is 0 Å². The van der Waals surface area contributed by atoms with Crippen LogP contribution in [0, 0.1) is 0 Å². The van der Waals surface area contributed by atoms with Gasteiger partial charge in [-0.15, -0.1) is 0 Å². The van der Waals surface area contributed by atoms with Crippen molar-refractivity contribution in [1.29, 1.82) is 0 Å². The second-order valence-electron chi connectivity index (χ2n) is 4.22. The average Bonchev–Trinajstić information content (AvgIpc) is 2.17. The van der Waals surface area contributed by atoms with Crippen LogP contribution in [0.3, 0.4) is 0 Å². The fourth-order valence-corrected chi connectivity index (χ4v) is 1.89. The zero-order valence-corrected chi connectivity index (χ0v) is 8.98. The standard InChI is InChI=1S/C10H18F3NO/c1-2-9(15,10(11,12)13)8-14-6-4-3-5-7-14/h15H,2-8H2,1H3. The summed E-state index contributed by atoms with van der Waals surface area (Å²) in [6.07, 6.45) is -1.88. The summed E-state index contributed by atoms with van der Waals surface area (Å²) in [7, 11) is 0. The van der Waals surface area contributed by atoms with E-state index in [2.05, 4.69) is 0 Å². The molecule has 1 unspecified atom stereocenters. The van der Waals surface area contributed by atoms with Gasteiger partial charge >= 0.3 is 6.18 Å². The molecule has 1 fully saturated rings. The molecule has 5 heteroatoms. The molecule has 0 amide bonds. The van der Waals surface area contributed by atoms with Gasteiger partial charge in [-0.1, -0.05) is 13.3 Å². The Morgan fingerprint density at radius 3 is 2.07 bits per heavy atom. The van der Waals surface area contributed by atoms with Crippen molar-refractivity contribution >= 4 is 0 Å². The van der Waals surface area contributed by atoms with Crippen LogP contribution in [0.25, 0.3) is 0 Å². The van der Waals surface area contributed by atoms with Crippen molar-refractivity contribution < 1.29 is 18.3 Å². The minimum atomic E-state index is -4.53. The maximum atomic E-state index is 12.6. The number of piperidine rings is 1. The van der Waals surface area contributed by atoms with Crippen LogP contribution in [0.15, 0.2) is 0 Å². The molecule has 15 heavy (non-hydrogen) atoms. The second kappa shape index (κ2) is 4.70. The van der Waals surface area contributed by atoms with E-state index in [0.717, 1.165) is 19.3 Å². The quantitative estimate of drug-likeness (QED) is 0.795. The molecule has 0 saturated carbocycles. The van der Waals surface area contributed by atoms with Crippen LogP contribution in [-0.2, 0) is 0 Å². The first-order valence-electron chi connectivity index (χ1n) is 5.40. The number of hydrogen-bond donors (Lipinski definition) is 1. The lowest BCUT2D eigenvalue weighted by atomic mass is 9.98. The van der Waals surface area contributed by atoms with Crippen molar-refractivity contribution in [1.82, 2.24) is 4.90 Å². The van der Waals surface area contributed by atoms with E-state index >= 15 is 0 Å². The Kier molecular flexibility index (Phi) is 4.00. The summed E-state index contributed by atoms with van der Waals surface area (Å²) in [4.78, 5) is 1.71. The number of nitrogens with zero attached hydrogens (tertiary/aromatic N) is 1. The van der Waals surface area contributed by atoms with Gasteiger partial charge in [0, 0.05) is 6.54 Å². The summed E-state index contributed by atoms with van der Waals surface area (Å²) in [5.74, 6) is 0. The van der Waals surface area contributed by atoms with E-state index < -0.39 is 11.8 Å². The third-order valence-electron chi connectivity index (χ3n) is 3.05. The third-order valence-corrected chi connectivity index (χ3v) is 3.05. The molecular weight excluding hydrogens is 207 g/mol. The zero-order chi connectivity index (χ0) is 11.5. The first-order chi connectivity index (χ1) is 6.89. The van der Waals surface area contributed by atoms with Crippen LogP contribution < -0.4 is 0 Å². The molecule has 0 radical (unpaired) electrons. The molecule has 1 rings (SSSR count). The number of rotatable bonds is 3. The monoisotopic (exact) mass is 225 g/mol. The van der Waals surface area contributed by atoms with Gasteiger partial charge in [0.1, 0.15) is 0 Å². The van der Waals surface area contributed by atoms with E-state index in [1.54, 1.807) is 4.90 Å². The van der Waals surface area contributed by atoms with Gasteiger partial charge < -0.3 is 10.0 Å². The molecule has 1 N–H and O–H groups in total. The van der Waals surface area contributed by atoms with Crippen LogP contribution in [0.5, 0.6) is 0 Å². The van der Waals surface area contributed by atoms with Crippen LogP contribution >= 0.6 is 0 Å². The molecule has 0 spiro atoms. The smallest absolute Gasteiger partial charge is 0.379 e. The van der Waals surface area contributed by atoms with E-state index in [0.29, 0.717) is 13.1 Å². The van der Waals surface area contributed by atoms with E-state index in [-0.39, 0.29) is 13.0 Å². The van der Waals surface area contributed by atoms with Gasteiger partial charge in [-0.2, -0.15) is 13.2 Å². The van der Waals surface area contributed by atoms with Gasteiger partial charge in [-0.25, -0.2) is 0 Å². The molecule has 0 aromatic rings. The first kappa shape index (κ1) is 12.8. The average molecular weight is 225 g/mol. The first-order valence-corrected chi connectivity index (χ1v) is 5.40. The summed E-state index contributed by atoms with van der Waals surface area (Å²) in [6, 6.07) is 0. The van der Waals surface area contributed by atoms with Gasteiger partial charge in [-0.05, 0) is 32.4 Å². The molecule has 0 aromatic heterocycles. The Hall–Kier alpha value is -0.290. The second-order valence-corrected chi connectivity index (χ2v) is 4.22. The van der Waals surface area contributed by atoms with Crippen LogP contribution in [0.4, 0.5) is 13.2 Å². The molecule has 0 bridgehead atoms. The predicted molar refractivity (Wildman–Crippen MR) is 51.6 cm³/mol. The number of hydrogen-bond acceptors (Lipinski definition) is 2. The normalized spacial score (nSPS) is 23.8. The van der Waals surface area contributed by atoms with Gasteiger partial charge in [0.15, 0.2) is 5.60 Å². The molecule has 0 aliphatic carbocycles. The summed E-state index contributed by atoms with van der Waals surface area (Å²) < 4.78 is 37.7. The third kappa shape index (κ3) is 3.08. The number of β-amino-alcohol motifs (C(OH)–C–C–N with tert-alkyl or cyclic N) is 1. The SMILES string of the molecule is CCC(O)(CN1CCCCC1)C(F)(F)F. The highest BCUT2D eigenvalue weighted by molar-refractivity contribution is 4.89. The fourth-order valence-electron chi connectivity index (χ4n) is 1.89. The largest absolute Gasteiger partial charge is 0.418 e. The Morgan fingerprint density at radius 1 is 1.13 bits per heavy atom. The van der Waals surface area contributed by atoms with Crippen molar-refractivity contribution in [3.05, 3.63) is 0 Å². The molecule has 1 aliphatic rings. The molecule has 1 saturated heterocycles. The lowest BCUT2D eigenvalue weighted by Gasteiger charge is -2.36. The molecule has 90 valence electrons. The highest BCUT2D eigenvalue weighted by atomic mass is 19.4. The maximum Gasteiger partial charge on any atom is 0.418 e. The Morgan fingerprint density at radius 2 is 1.67 bits per heavy atom. The number of halogens is 3. The van der Waals surface area contributed by atoms with Gasteiger partial charge in [-0.3, -0.25) is 0 Å². The molecular formula is C10H18F3NO. The van der Waals surface area contributed by atoms with E-state index in [9.17, 15) is 18.3 Å². The minimum absolute atomic E-state index is 0.285. The fraction of sp³-hybridized carbons (Fsp3) is 1.00. The molecule has 1 heterocycles. The summed E-state index contributed by atoms with van der Waals surface area (Å²) in [5, 5.41) is 9.54. The van der Waals surface area contributed by atoms with Crippen molar-refractivity contribution in [2.75, 3.05) is 19.6 Å². The number of aliphatic hydroxyl groups is 1. The van der Waals surface area contributed by atoms with Crippen molar-refractivity contribution in [2.24, 2.45) is 0 Å². The van der Waals surface area contributed by atoms with Crippen molar-refractivity contribution in [3.63, 3.8) is 0 Å². The predicted octanol–water partition coefficient (Wildman–Crippen LogP) is 2.18. The van der Waals surface area contributed by atoms with E-state index in [1.165, 1.54) is 6.92 Å². The molecule has 2 nitrogen and oxygen atoms in total. The van der Waals surface area contributed by atoms with Gasteiger partial charge in [0.05, 0.1) is 0 Å². The molecule has 1 aliphatic heterocycles. The van der Waals surface area contributed by atoms with E-state index in [4.69, 9.17) is 0 Å². The topological polar surface area (TPSA) is 23.5 Å². The highest BCUT2D eigenvalue weighted by Crippen LogP contribution is 2.34. The van der Waals surface area contributed by atoms with Crippen molar-refractivity contribution in [2.45, 2.75) is 44.4 Å². The minimum Gasteiger partial charge on any atom is -0.379 e. The van der Waals surface area contributed by atoms with Crippen LogP contribution in [0.1, 0.15) is 32.6 Å². The van der Waals surface area contributed by atoms with Gasteiger partial charge in [0.2, 0.25) is 0 Å².